The number of H-pyrrole nitrogens is 1. The Labute approximate surface area is 83.5 Å². The van der Waals surface area contributed by atoms with Crippen molar-refractivity contribution in [2.24, 2.45) is 5.92 Å². The van der Waals surface area contributed by atoms with Gasteiger partial charge in [0.05, 0.1) is 0 Å². The highest BCUT2D eigenvalue weighted by Crippen LogP contribution is 2.23. The Bertz CT molecular complexity index is 276. The molecule has 0 spiro atoms. The quantitative estimate of drug-likeness (QED) is 0.680. The number of nitrogens with two attached hydrogens (primary N) is 1. The Morgan fingerprint density at radius 1 is 1.29 bits per heavy atom. The van der Waals surface area contributed by atoms with E-state index in [2.05, 4.69) is 20.5 Å². The molecule has 78 valence electrons. The van der Waals surface area contributed by atoms with Crippen molar-refractivity contribution in [3.63, 3.8) is 0 Å². The summed E-state index contributed by atoms with van der Waals surface area (Å²) in [6, 6.07) is 0. The topological polar surface area (TPSA) is 79.6 Å². The molecule has 1 saturated carbocycles. The number of hydrogen-bond donors (Lipinski definition) is 3. The average molecular weight is 195 g/mol. The van der Waals surface area contributed by atoms with Crippen molar-refractivity contribution >= 4 is 11.9 Å². The third kappa shape index (κ3) is 2.37. The minimum Gasteiger partial charge on any atom is -0.368 e. The minimum absolute atomic E-state index is 0.371. The number of nitrogen functional groups attached to an aromatic ring is 1. The van der Waals surface area contributed by atoms with Crippen molar-refractivity contribution in [3.8, 4) is 0 Å². The van der Waals surface area contributed by atoms with Crippen LogP contribution in [0.5, 0.6) is 0 Å². The predicted octanol–water partition coefficient (Wildman–Crippen LogP) is 1.38. The molecule has 0 unspecified atom stereocenters. The van der Waals surface area contributed by atoms with Crippen LogP contribution in [0.1, 0.15) is 32.1 Å². The normalized spacial score (nSPS) is 18.3. The van der Waals surface area contributed by atoms with Crippen LogP contribution in [-0.2, 0) is 0 Å². The number of aromatic amines is 1. The standard InChI is InChI=1S/C9H17N5/c10-8-12-9(14-13-8)11-6-7-4-2-1-3-5-7/h7H,1-6H2,(H4,10,11,12,13,14). The first-order valence-electron chi connectivity index (χ1n) is 5.26. The van der Waals surface area contributed by atoms with Crippen LogP contribution in [0, 0.1) is 5.92 Å². The zero-order chi connectivity index (χ0) is 9.80. The molecule has 1 aliphatic carbocycles. The molecule has 1 fully saturated rings. The maximum absolute atomic E-state index is 5.42. The van der Waals surface area contributed by atoms with Crippen LogP contribution in [0.4, 0.5) is 11.9 Å². The molecular formula is C9H17N5. The van der Waals surface area contributed by atoms with Gasteiger partial charge in [-0.3, -0.25) is 4.98 Å². The number of nitrogens with one attached hydrogen (secondary N) is 2. The van der Waals surface area contributed by atoms with Crippen LogP contribution in [0.25, 0.3) is 0 Å². The molecule has 1 aliphatic rings. The SMILES string of the molecule is Nc1nnc(NCC2CCCCC2)[nH]1. The van der Waals surface area contributed by atoms with E-state index in [1.165, 1.54) is 32.1 Å². The molecule has 14 heavy (non-hydrogen) atoms. The monoisotopic (exact) mass is 195 g/mol. The predicted molar refractivity (Wildman–Crippen MR) is 55.9 cm³/mol. The third-order valence-corrected chi connectivity index (χ3v) is 2.79. The molecule has 2 rings (SSSR count). The number of anilines is 2. The van der Waals surface area contributed by atoms with Crippen LogP contribution in [-0.4, -0.2) is 21.7 Å². The smallest absolute Gasteiger partial charge is 0.223 e. The molecular weight excluding hydrogens is 178 g/mol. The highest BCUT2D eigenvalue weighted by molar-refractivity contribution is 5.29. The molecule has 0 aliphatic heterocycles. The maximum atomic E-state index is 5.42. The highest BCUT2D eigenvalue weighted by atomic mass is 15.3. The Balaban J connectivity index is 1.76. The second kappa shape index (κ2) is 4.30. The first kappa shape index (κ1) is 9.30. The summed E-state index contributed by atoms with van der Waals surface area (Å²) < 4.78 is 0. The molecule has 0 amide bonds. The first-order chi connectivity index (χ1) is 6.84. The van der Waals surface area contributed by atoms with Gasteiger partial charge in [-0.1, -0.05) is 19.3 Å². The van der Waals surface area contributed by atoms with E-state index in [1.54, 1.807) is 0 Å². The van der Waals surface area contributed by atoms with Crippen molar-refractivity contribution < 1.29 is 0 Å². The Morgan fingerprint density at radius 2 is 2.07 bits per heavy atom. The summed E-state index contributed by atoms with van der Waals surface area (Å²) in [5, 5.41) is 10.8. The lowest BCUT2D eigenvalue weighted by atomic mass is 9.89. The van der Waals surface area contributed by atoms with Gasteiger partial charge in [-0.05, 0) is 18.8 Å². The van der Waals surface area contributed by atoms with Gasteiger partial charge in [-0.15, -0.1) is 10.2 Å². The highest BCUT2D eigenvalue weighted by Gasteiger charge is 2.13. The van der Waals surface area contributed by atoms with Crippen LogP contribution >= 0.6 is 0 Å². The van der Waals surface area contributed by atoms with Gasteiger partial charge in [0.15, 0.2) is 0 Å². The van der Waals surface area contributed by atoms with Crippen molar-refractivity contribution in [1.82, 2.24) is 15.2 Å². The van der Waals surface area contributed by atoms with E-state index in [0.29, 0.717) is 11.9 Å². The number of nitrogens with zero attached hydrogens (tertiary/aromatic N) is 2. The number of aromatic nitrogens is 3. The van der Waals surface area contributed by atoms with E-state index in [0.717, 1.165) is 12.5 Å². The van der Waals surface area contributed by atoms with Crippen molar-refractivity contribution in [2.75, 3.05) is 17.6 Å². The van der Waals surface area contributed by atoms with Gasteiger partial charge < -0.3 is 11.1 Å². The molecule has 0 saturated heterocycles. The second-order valence-electron chi connectivity index (χ2n) is 3.94. The molecule has 1 aromatic heterocycles. The number of rotatable bonds is 3. The van der Waals surface area contributed by atoms with E-state index < -0.39 is 0 Å². The Kier molecular flexibility index (Phi) is 2.86. The Morgan fingerprint density at radius 3 is 2.71 bits per heavy atom. The lowest BCUT2D eigenvalue weighted by molar-refractivity contribution is 0.373. The molecule has 1 heterocycles. The van der Waals surface area contributed by atoms with E-state index >= 15 is 0 Å². The van der Waals surface area contributed by atoms with E-state index in [9.17, 15) is 0 Å². The molecule has 0 radical (unpaired) electrons. The van der Waals surface area contributed by atoms with Gasteiger partial charge in [-0.2, -0.15) is 0 Å². The lowest BCUT2D eigenvalue weighted by Gasteiger charge is -2.21. The van der Waals surface area contributed by atoms with E-state index in [-0.39, 0.29) is 0 Å². The number of hydrogen-bond acceptors (Lipinski definition) is 4. The summed E-state index contributed by atoms with van der Waals surface area (Å²) in [5.41, 5.74) is 5.42. The van der Waals surface area contributed by atoms with Crippen molar-refractivity contribution in [1.29, 1.82) is 0 Å². The van der Waals surface area contributed by atoms with Gasteiger partial charge >= 0.3 is 0 Å². The minimum atomic E-state index is 0.371. The van der Waals surface area contributed by atoms with Gasteiger partial charge in [0.2, 0.25) is 11.9 Å². The molecule has 5 nitrogen and oxygen atoms in total. The van der Waals surface area contributed by atoms with Crippen LogP contribution in [0.2, 0.25) is 0 Å². The zero-order valence-corrected chi connectivity index (χ0v) is 8.29. The summed E-state index contributed by atoms with van der Waals surface area (Å²) in [7, 11) is 0. The molecule has 0 bridgehead atoms. The largest absolute Gasteiger partial charge is 0.368 e. The fourth-order valence-electron chi connectivity index (χ4n) is 1.99. The van der Waals surface area contributed by atoms with Gasteiger partial charge in [0.25, 0.3) is 0 Å². The molecule has 0 aromatic carbocycles. The van der Waals surface area contributed by atoms with Crippen molar-refractivity contribution in [2.45, 2.75) is 32.1 Å². The lowest BCUT2D eigenvalue weighted by Crippen LogP contribution is -2.17. The maximum Gasteiger partial charge on any atom is 0.223 e. The average Bonchev–Trinajstić information content (AvgIpc) is 2.63. The van der Waals surface area contributed by atoms with Crippen LogP contribution < -0.4 is 11.1 Å². The molecule has 1 aromatic rings. The summed E-state index contributed by atoms with van der Waals surface area (Å²) in [6.45, 7) is 0.981. The summed E-state index contributed by atoms with van der Waals surface area (Å²) in [4.78, 5) is 2.86. The van der Waals surface area contributed by atoms with Crippen LogP contribution in [0.3, 0.4) is 0 Å². The fraction of sp³-hybridized carbons (Fsp3) is 0.778. The third-order valence-electron chi connectivity index (χ3n) is 2.79. The van der Waals surface area contributed by atoms with E-state index in [4.69, 9.17) is 5.73 Å². The van der Waals surface area contributed by atoms with Gasteiger partial charge in [0, 0.05) is 6.54 Å². The second-order valence-corrected chi connectivity index (χ2v) is 3.94. The summed E-state index contributed by atoms with van der Waals surface area (Å²) >= 11 is 0. The van der Waals surface area contributed by atoms with Gasteiger partial charge in [-0.25, -0.2) is 0 Å². The van der Waals surface area contributed by atoms with Crippen molar-refractivity contribution in [3.05, 3.63) is 0 Å². The fourth-order valence-corrected chi connectivity index (χ4v) is 1.99. The zero-order valence-electron chi connectivity index (χ0n) is 8.29. The Hall–Kier alpha value is -1.26. The summed E-state index contributed by atoms with van der Waals surface area (Å²) in [5.74, 6) is 1.85. The van der Waals surface area contributed by atoms with Gasteiger partial charge in [0.1, 0.15) is 0 Å². The van der Waals surface area contributed by atoms with Crippen LogP contribution in [0.15, 0.2) is 0 Å². The molecule has 4 N–H and O–H groups in total. The summed E-state index contributed by atoms with van der Waals surface area (Å²) in [6.07, 6.45) is 6.79. The molecule has 0 atom stereocenters. The molecule has 5 heteroatoms. The van der Waals surface area contributed by atoms with E-state index in [1.807, 2.05) is 0 Å². The first-order valence-corrected chi connectivity index (χ1v) is 5.26.